The van der Waals surface area contributed by atoms with Gasteiger partial charge in [0, 0.05) is 11.4 Å². The predicted molar refractivity (Wildman–Crippen MR) is 113 cm³/mol. The molecule has 0 saturated carbocycles. The lowest BCUT2D eigenvalue weighted by Gasteiger charge is -2.18. The normalized spacial score (nSPS) is 11.5. The maximum Gasteiger partial charge on any atom is 0.241 e. The Morgan fingerprint density at radius 2 is 1.72 bits per heavy atom. The van der Waals surface area contributed by atoms with Crippen molar-refractivity contribution in [3.63, 3.8) is 0 Å². The molecule has 1 heterocycles. The molecule has 32 heavy (non-hydrogen) atoms. The van der Waals surface area contributed by atoms with Gasteiger partial charge in [0.05, 0.1) is 6.20 Å². The van der Waals surface area contributed by atoms with Crippen LogP contribution in [0.4, 0.5) is 31.9 Å². The fourth-order valence-electron chi connectivity index (χ4n) is 2.50. The van der Waals surface area contributed by atoms with Crippen molar-refractivity contribution in [3.05, 3.63) is 60.3 Å². The first-order valence-electron chi connectivity index (χ1n) is 9.06. The van der Waals surface area contributed by atoms with E-state index in [1.54, 1.807) is 38.1 Å². The number of aromatic nitrogens is 2. The molecule has 0 spiro atoms. The fourth-order valence-corrected chi connectivity index (χ4v) is 3.13. The number of nitriles is 1. The molecule has 4 N–H and O–H groups in total. The molecule has 0 bridgehead atoms. The van der Waals surface area contributed by atoms with Crippen LogP contribution in [0, 0.1) is 23.0 Å². The summed E-state index contributed by atoms with van der Waals surface area (Å²) in [5.41, 5.74) is -0.388. The Kier molecular flexibility index (Phi) is 6.24. The minimum absolute atomic E-state index is 0.0726. The Bertz CT molecular complexity index is 1290. The van der Waals surface area contributed by atoms with E-state index in [1.165, 1.54) is 6.07 Å². The summed E-state index contributed by atoms with van der Waals surface area (Å²) >= 11 is 0. The van der Waals surface area contributed by atoms with Gasteiger partial charge >= 0.3 is 0 Å². The highest BCUT2D eigenvalue weighted by Gasteiger charge is 2.18. The average molecular weight is 460 g/mol. The lowest BCUT2D eigenvalue weighted by Crippen LogP contribution is -2.25. The molecule has 0 aliphatic carbocycles. The number of nitrogens with zero attached hydrogens (tertiary/aromatic N) is 3. The maximum absolute atomic E-state index is 14.2. The topological polar surface area (TPSA) is 143 Å². The molecular weight excluding hydrogens is 442 g/mol. The Morgan fingerprint density at radius 3 is 2.34 bits per heavy atom. The smallest absolute Gasteiger partial charge is 0.241 e. The van der Waals surface area contributed by atoms with Crippen molar-refractivity contribution in [2.45, 2.75) is 24.3 Å². The van der Waals surface area contributed by atoms with E-state index in [4.69, 9.17) is 15.1 Å². The molecule has 0 unspecified atom stereocenters. The van der Waals surface area contributed by atoms with Crippen LogP contribution in [0.2, 0.25) is 0 Å². The Balaban J connectivity index is 1.79. The molecule has 9 nitrogen and oxygen atoms in total. The number of primary sulfonamides is 1. The minimum atomic E-state index is -4.28. The Labute approximate surface area is 182 Å². The second kappa shape index (κ2) is 8.74. The zero-order valence-electron chi connectivity index (χ0n) is 16.9. The largest absolute Gasteiger partial charge is 0.473 e. The number of halogens is 2. The van der Waals surface area contributed by atoms with Crippen LogP contribution in [0.15, 0.2) is 53.6 Å². The first kappa shape index (κ1) is 22.9. The minimum Gasteiger partial charge on any atom is -0.473 e. The van der Waals surface area contributed by atoms with Crippen molar-refractivity contribution >= 4 is 33.2 Å². The quantitative estimate of drug-likeness (QED) is 0.486. The number of nitrogens with two attached hydrogens (primary N) is 1. The Morgan fingerprint density at radius 1 is 1.06 bits per heavy atom. The van der Waals surface area contributed by atoms with Crippen LogP contribution in [0.1, 0.15) is 13.8 Å². The summed E-state index contributed by atoms with van der Waals surface area (Å²) in [5, 5.41) is 19.5. The van der Waals surface area contributed by atoms with E-state index >= 15 is 0 Å². The highest BCUT2D eigenvalue weighted by molar-refractivity contribution is 7.89. The molecule has 0 aliphatic rings. The van der Waals surface area contributed by atoms with Crippen LogP contribution in [-0.4, -0.2) is 24.0 Å². The van der Waals surface area contributed by atoms with Gasteiger partial charge in [-0.15, -0.1) is 0 Å². The monoisotopic (exact) mass is 460 g/mol. The third-order valence-electron chi connectivity index (χ3n) is 4.00. The van der Waals surface area contributed by atoms with Crippen LogP contribution in [0.25, 0.3) is 0 Å². The third kappa shape index (κ3) is 5.65. The number of benzene rings is 2. The van der Waals surface area contributed by atoms with Crippen LogP contribution >= 0.6 is 0 Å². The third-order valence-corrected chi connectivity index (χ3v) is 4.92. The van der Waals surface area contributed by atoms with E-state index in [0.29, 0.717) is 11.4 Å². The SMILES string of the molecule is CC(C)(C#N)Oc1ccc(Nc2nc(Nc3ccc(F)c(S(N)(=O)=O)c3)ncc2F)cc1. The van der Waals surface area contributed by atoms with Crippen LogP contribution in [0.3, 0.4) is 0 Å². The fraction of sp³-hybridized carbons (Fsp3) is 0.150. The van der Waals surface area contributed by atoms with Crippen molar-refractivity contribution < 1.29 is 21.9 Å². The number of nitrogens with one attached hydrogen (secondary N) is 2. The molecule has 0 saturated heterocycles. The summed E-state index contributed by atoms with van der Waals surface area (Å²) < 4.78 is 56.4. The molecular formula is C20H18F2N6O3S. The van der Waals surface area contributed by atoms with Crippen LogP contribution < -0.4 is 20.5 Å². The van der Waals surface area contributed by atoms with Gasteiger partial charge < -0.3 is 15.4 Å². The standard InChI is InChI=1S/C20H18F2N6O3S/c1-20(2,11-23)31-14-6-3-12(4-7-14)26-18-16(22)10-25-19(28-18)27-13-5-8-15(21)17(9-13)32(24,29)30/h3-10H,1-2H3,(H2,24,29,30)(H2,25,26,27,28). The summed E-state index contributed by atoms with van der Waals surface area (Å²) in [6, 6.07) is 11.6. The molecule has 0 atom stereocenters. The molecule has 12 heteroatoms. The van der Waals surface area contributed by atoms with Gasteiger partial charge in [0.1, 0.15) is 22.5 Å². The van der Waals surface area contributed by atoms with Gasteiger partial charge in [-0.05, 0) is 56.3 Å². The summed E-state index contributed by atoms with van der Waals surface area (Å²) in [6.07, 6.45) is 0.911. The van der Waals surface area contributed by atoms with Crippen molar-refractivity contribution in [2.75, 3.05) is 10.6 Å². The number of ether oxygens (including phenoxy) is 1. The molecule has 3 rings (SSSR count). The maximum atomic E-state index is 14.2. The van der Waals surface area contributed by atoms with Crippen molar-refractivity contribution in [1.29, 1.82) is 5.26 Å². The van der Waals surface area contributed by atoms with Gasteiger partial charge in [-0.2, -0.15) is 10.2 Å². The van der Waals surface area contributed by atoms with Gasteiger partial charge in [0.25, 0.3) is 0 Å². The second-order valence-electron chi connectivity index (χ2n) is 7.08. The molecule has 0 fully saturated rings. The lowest BCUT2D eigenvalue weighted by molar-refractivity contribution is 0.170. The highest BCUT2D eigenvalue weighted by Crippen LogP contribution is 2.25. The summed E-state index contributed by atoms with van der Waals surface area (Å²) in [4.78, 5) is 7.10. The molecule has 0 radical (unpaired) electrons. The van der Waals surface area contributed by atoms with Crippen LogP contribution in [0.5, 0.6) is 5.75 Å². The van der Waals surface area contributed by atoms with Gasteiger partial charge in [0.15, 0.2) is 17.2 Å². The summed E-state index contributed by atoms with van der Waals surface area (Å²) in [6.45, 7) is 3.24. The first-order chi connectivity index (χ1) is 15.0. The van der Waals surface area contributed by atoms with Gasteiger partial charge in [-0.25, -0.2) is 27.3 Å². The van der Waals surface area contributed by atoms with Crippen molar-refractivity contribution in [1.82, 2.24) is 9.97 Å². The van der Waals surface area contributed by atoms with E-state index in [2.05, 4.69) is 20.6 Å². The lowest BCUT2D eigenvalue weighted by atomic mass is 10.2. The average Bonchev–Trinajstić information content (AvgIpc) is 2.72. The zero-order chi connectivity index (χ0) is 23.5. The van der Waals surface area contributed by atoms with E-state index in [-0.39, 0.29) is 17.5 Å². The van der Waals surface area contributed by atoms with Gasteiger partial charge in [0.2, 0.25) is 16.0 Å². The van der Waals surface area contributed by atoms with Crippen molar-refractivity contribution in [3.8, 4) is 11.8 Å². The van der Waals surface area contributed by atoms with Gasteiger partial charge in [-0.3, -0.25) is 0 Å². The molecule has 2 aromatic carbocycles. The summed E-state index contributed by atoms with van der Waals surface area (Å²) in [7, 11) is -4.28. The summed E-state index contributed by atoms with van der Waals surface area (Å²) in [5.74, 6) is -1.54. The molecule has 0 aliphatic heterocycles. The van der Waals surface area contributed by atoms with E-state index in [1.807, 2.05) is 6.07 Å². The molecule has 1 aromatic heterocycles. The first-order valence-corrected chi connectivity index (χ1v) is 10.6. The Hall–Kier alpha value is -3.82. The second-order valence-corrected chi connectivity index (χ2v) is 8.61. The number of rotatable bonds is 7. The molecule has 3 aromatic rings. The van der Waals surface area contributed by atoms with Crippen LogP contribution in [-0.2, 0) is 10.0 Å². The zero-order valence-corrected chi connectivity index (χ0v) is 17.7. The van der Waals surface area contributed by atoms with E-state index in [0.717, 1.165) is 18.3 Å². The molecule has 0 amide bonds. The number of sulfonamides is 1. The number of hydrogen-bond donors (Lipinski definition) is 3. The number of anilines is 4. The molecule has 166 valence electrons. The van der Waals surface area contributed by atoms with Gasteiger partial charge in [-0.1, -0.05) is 0 Å². The number of hydrogen-bond acceptors (Lipinski definition) is 8. The van der Waals surface area contributed by atoms with E-state index in [9.17, 15) is 17.2 Å². The van der Waals surface area contributed by atoms with E-state index < -0.39 is 32.2 Å². The van der Waals surface area contributed by atoms with Crippen molar-refractivity contribution in [2.24, 2.45) is 5.14 Å². The highest BCUT2D eigenvalue weighted by atomic mass is 32.2. The predicted octanol–water partition coefficient (Wildman–Crippen LogP) is 3.57.